The highest BCUT2D eigenvalue weighted by Crippen LogP contribution is 2.31. The maximum atomic E-state index is 12.6. The fourth-order valence-electron chi connectivity index (χ4n) is 1.98. The van der Waals surface area contributed by atoms with Gasteiger partial charge in [0.2, 0.25) is 0 Å². The van der Waals surface area contributed by atoms with Gasteiger partial charge in [0, 0.05) is 5.56 Å². The molecule has 0 radical (unpaired) electrons. The van der Waals surface area contributed by atoms with E-state index in [1.54, 1.807) is 0 Å². The number of carbonyl (C=O) groups excluding carboxylic acids is 1. The SMILES string of the molecule is O=C(NO)c1ccc(Nc2nc(-c3ccc(C(F)(F)F)cc3)co2)nn1. The number of amides is 1. The second-order valence-electron chi connectivity index (χ2n) is 4.98. The van der Waals surface area contributed by atoms with E-state index in [0.717, 1.165) is 12.1 Å². The third-order valence-electron chi connectivity index (χ3n) is 3.25. The van der Waals surface area contributed by atoms with Gasteiger partial charge in [0.15, 0.2) is 11.5 Å². The molecule has 3 aromatic rings. The summed E-state index contributed by atoms with van der Waals surface area (Å²) in [4.78, 5) is 15.2. The zero-order chi connectivity index (χ0) is 18.7. The van der Waals surface area contributed by atoms with Crippen LogP contribution >= 0.6 is 0 Å². The van der Waals surface area contributed by atoms with E-state index in [1.165, 1.54) is 36.0 Å². The van der Waals surface area contributed by atoms with Crippen molar-refractivity contribution in [2.24, 2.45) is 0 Å². The Balaban J connectivity index is 1.73. The monoisotopic (exact) mass is 365 g/mol. The number of carbonyl (C=O) groups is 1. The minimum Gasteiger partial charge on any atom is -0.431 e. The van der Waals surface area contributed by atoms with Crippen LogP contribution < -0.4 is 10.8 Å². The number of aromatic nitrogens is 3. The van der Waals surface area contributed by atoms with E-state index >= 15 is 0 Å². The summed E-state index contributed by atoms with van der Waals surface area (Å²) < 4.78 is 42.9. The van der Waals surface area contributed by atoms with E-state index in [2.05, 4.69) is 20.5 Å². The molecule has 0 atom stereocenters. The van der Waals surface area contributed by atoms with Crippen molar-refractivity contribution < 1.29 is 27.6 Å². The molecule has 1 amide bonds. The molecule has 0 saturated carbocycles. The fourth-order valence-corrected chi connectivity index (χ4v) is 1.98. The van der Waals surface area contributed by atoms with Gasteiger partial charge in [-0.3, -0.25) is 15.3 Å². The largest absolute Gasteiger partial charge is 0.431 e. The summed E-state index contributed by atoms with van der Waals surface area (Å²) in [5, 5.41) is 18.5. The number of halogens is 3. The highest BCUT2D eigenvalue weighted by molar-refractivity contribution is 5.91. The van der Waals surface area contributed by atoms with E-state index in [9.17, 15) is 18.0 Å². The van der Waals surface area contributed by atoms with Gasteiger partial charge >= 0.3 is 12.2 Å². The van der Waals surface area contributed by atoms with E-state index in [0.29, 0.717) is 11.3 Å². The van der Waals surface area contributed by atoms with Crippen molar-refractivity contribution in [1.82, 2.24) is 20.7 Å². The summed E-state index contributed by atoms with van der Waals surface area (Å²) in [5.41, 5.74) is 1.33. The van der Waals surface area contributed by atoms with Crippen LogP contribution in [0.3, 0.4) is 0 Å². The predicted octanol–water partition coefficient (Wildman–Crippen LogP) is 3.01. The van der Waals surface area contributed by atoms with Gasteiger partial charge in [-0.25, -0.2) is 5.48 Å². The zero-order valence-electron chi connectivity index (χ0n) is 12.8. The molecule has 0 aliphatic heterocycles. The van der Waals surface area contributed by atoms with Gasteiger partial charge in [-0.05, 0) is 24.3 Å². The number of hydrogen-bond acceptors (Lipinski definition) is 7. The highest BCUT2D eigenvalue weighted by Gasteiger charge is 2.30. The molecule has 2 aromatic heterocycles. The summed E-state index contributed by atoms with van der Waals surface area (Å²) in [6.07, 6.45) is -3.14. The van der Waals surface area contributed by atoms with E-state index in [4.69, 9.17) is 9.62 Å². The number of hydrogen-bond donors (Lipinski definition) is 3. The Labute approximate surface area is 143 Å². The average Bonchev–Trinajstić information content (AvgIpc) is 3.09. The Morgan fingerprint density at radius 2 is 1.81 bits per heavy atom. The Morgan fingerprint density at radius 3 is 2.38 bits per heavy atom. The van der Waals surface area contributed by atoms with Crippen molar-refractivity contribution in [3.8, 4) is 11.3 Å². The molecule has 0 fully saturated rings. The number of hydroxylamine groups is 1. The quantitative estimate of drug-likeness (QED) is 0.481. The molecule has 8 nitrogen and oxygen atoms in total. The standard InChI is InChI=1S/C15H10F3N5O3/c16-15(17,18)9-3-1-8(2-4-9)11-7-26-14(19-11)20-12-6-5-10(21-22-12)13(24)23-25/h1-7,25H,(H,23,24)(H,19,20,22). The zero-order valence-corrected chi connectivity index (χ0v) is 12.8. The molecule has 0 spiro atoms. The summed E-state index contributed by atoms with van der Waals surface area (Å²) in [6.45, 7) is 0. The molecule has 26 heavy (non-hydrogen) atoms. The number of benzene rings is 1. The Morgan fingerprint density at radius 1 is 1.08 bits per heavy atom. The predicted molar refractivity (Wildman–Crippen MR) is 81.5 cm³/mol. The molecule has 3 rings (SSSR count). The maximum Gasteiger partial charge on any atom is 0.416 e. The van der Waals surface area contributed by atoms with Crippen LogP contribution in [0, 0.1) is 0 Å². The third kappa shape index (κ3) is 3.78. The molecule has 3 N–H and O–H groups in total. The molecular weight excluding hydrogens is 355 g/mol. The van der Waals surface area contributed by atoms with Crippen molar-refractivity contribution in [2.75, 3.05) is 5.32 Å². The first-order valence-electron chi connectivity index (χ1n) is 7.05. The number of oxazole rings is 1. The van der Waals surface area contributed by atoms with Crippen LogP contribution in [0.4, 0.5) is 25.0 Å². The molecule has 1 aromatic carbocycles. The molecule has 134 valence electrons. The summed E-state index contributed by atoms with van der Waals surface area (Å²) >= 11 is 0. The van der Waals surface area contributed by atoms with Gasteiger partial charge < -0.3 is 4.42 Å². The van der Waals surface area contributed by atoms with Crippen LogP contribution in [-0.4, -0.2) is 26.3 Å². The number of nitrogens with zero attached hydrogens (tertiary/aromatic N) is 3. The Kier molecular flexibility index (Phi) is 4.54. The lowest BCUT2D eigenvalue weighted by molar-refractivity contribution is -0.137. The first-order chi connectivity index (χ1) is 12.4. The van der Waals surface area contributed by atoms with Crippen molar-refractivity contribution in [1.29, 1.82) is 0 Å². The third-order valence-corrected chi connectivity index (χ3v) is 3.25. The van der Waals surface area contributed by atoms with Crippen LogP contribution in [0.15, 0.2) is 47.1 Å². The van der Waals surface area contributed by atoms with Gasteiger partial charge in [-0.15, -0.1) is 10.2 Å². The van der Waals surface area contributed by atoms with Crippen molar-refractivity contribution in [3.05, 3.63) is 53.9 Å². The molecule has 0 unspecified atom stereocenters. The lowest BCUT2D eigenvalue weighted by Gasteiger charge is -2.06. The minimum absolute atomic E-state index is 0.0357. The lowest BCUT2D eigenvalue weighted by atomic mass is 10.1. The molecule has 0 saturated heterocycles. The van der Waals surface area contributed by atoms with Crippen LogP contribution in [-0.2, 0) is 6.18 Å². The molecule has 0 aliphatic rings. The Bertz CT molecular complexity index is 908. The number of anilines is 2. The highest BCUT2D eigenvalue weighted by atomic mass is 19.4. The summed E-state index contributed by atoms with van der Waals surface area (Å²) in [5.74, 6) is -0.606. The summed E-state index contributed by atoms with van der Waals surface area (Å²) in [7, 11) is 0. The molecule has 0 bridgehead atoms. The van der Waals surface area contributed by atoms with Crippen LogP contribution in [0.25, 0.3) is 11.3 Å². The average molecular weight is 365 g/mol. The van der Waals surface area contributed by atoms with Gasteiger partial charge in [0.05, 0.1) is 5.56 Å². The van der Waals surface area contributed by atoms with Crippen molar-refractivity contribution in [3.63, 3.8) is 0 Å². The molecule has 11 heteroatoms. The summed E-state index contributed by atoms with van der Waals surface area (Å²) in [6, 6.07) is 7.22. The van der Waals surface area contributed by atoms with Gasteiger partial charge in [0.1, 0.15) is 12.0 Å². The molecular formula is C15H10F3N5O3. The smallest absolute Gasteiger partial charge is 0.416 e. The van der Waals surface area contributed by atoms with E-state index in [1.807, 2.05) is 0 Å². The van der Waals surface area contributed by atoms with Crippen LogP contribution in [0.5, 0.6) is 0 Å². The maximum absolute atomic E-state index is 12.6. The normalized spacial score (nSPS) is 11.2. The first kappa shape index (κ1) is 17.4. The molecule has 2 heterocycles. The second kappa shape index (κ2) is 6.80. The van der Waals surface area contributed by atoms with E-state index < -0.39 is 17.6 Å². The fraction of sp³-hybridized carbons (Fsp3) is 0.0667. The number of nitrogens with one attached hydrogen (secondary N) is 2. The van der Waals surface area contributed by atoms with Gasteiger partial charge in [-0.2, -0.15) is 18.2 Å². The van der Waals surface area contributed by atoms with Gasteiger partial charge in [-0.1, -0.05) is 12.1 Å². The molecule has 0 aliphatic carbocycles. The van der Waals surface area contributed by atoms with Crippen LogP contribution in [0.1, 0.15) is 16.1 Å². The first-order valence-corrected chi connectivity index (χ1v) is 7.05. The number of rotatable bonds is 4. The topological polar surface area (TPSA) is 113 Å². The minimum atomic E-state index is -4.41. The van der Waals surface area contributed by atoms with Gasteiger partial charge in [0.25, 0.3) is 5.91 Å². The van der Waals surface area contributed by atoms with Crippen molar-refractivity contribution >= 4 is 17.7 Å². The van der Waals surface area contributed by atoms with E-state index in [-0.39, 0.29) is 17.5 Å². The Hall–Kier alpha value is -3.47. The lowest BCUT2D eigenvalue weighted by Crippen LogP contribution is -2.20. The van der Waals surface area contributed by atoms with Crippen molar-refractivity contribution in [2.45, 2.75) is 6.18 Å². The second-order valence-corrected chi connectivity index (χ2v) is 4.98. The van der Waals surface area contributed by atoms with Crippen LogP contribution in [0.2, 0.25) is 0 Å². The number of alkyl halides is 3.